The van der Waals surface area contributed by atoms with Crippen LogP contribution in [0.5, 0.6) is 11.8 Å². The van der Waals surface area contributed by atoms with E-state index in [2.05, 4.69) is 30.2 Å². The minimum atomic E-state index is -2.95. The molecule has 1 amide bonds. The number of rotatable bonds is 6. The van der Waals surface area contributed by atoms with Gasteiger partial charge in [-0.1, -0.05) is 0 Å². The molecule has 2 N–H and O–H groups in total. The number of aromatic amines is 1. The van der Waals surface area contributed by atoms with Crippen LogP contribution < -0.4 is 14.8 Å². The van der Waals surface area contributed by atoms with Crippen molar-refractivity contribution in [1.82, 2.24) is 25.1 Å². The number of likely N-dealkylation sites (tertiary alicyclic amines) is 1. The molecule has 1 spiro atoms. The Morgan fingerprint density at radius 2 is 2.03 bits per heavy atom. The molecule has 0 unspecified atom stereocenters. The van der Waals surface area contributed by atoms with Gasteiger partial charge in [0.1, 0.15) is 17.5 Å². The number of H-pyrrole nitrogens is 1. The number of carbonyl (C=O) groups is 1. The lowest BCUT2D eigenvalue weighted by molar-refractivity contribution is -0.117. The number of anilines is 2. The van der Waals surface area contributed by atoms with Crippen LogP contribution in [0.1, 0.15) is 33.6 Å². The molecular formula is C19H24F2N6O4. The predicted octanol–water partition coefficient (Wildman–Crippen LogP) is 3.32. The van der Waals surface area contributed by atoms with Gasteiger partial charge in [0.05, 0.1) is 12.4 Å². The minimum absolute atomic E-state index is 0.0106. The molecule has 0 aromatic carbocycles. The summed E-state index contributed by atoms with van der Waals surface area (Å²) in [5.41, 5.74) is -0.418. The molecule has 12 heteroatoms. The molecule has 1 saturated heterocycles. The van der Waals surface area contributed by atoms with Crippen LogP contribution in [-0.4, -0.2) is 62.6 Å². The van der Waals surface area contributed by atoms with Crippen LogP contribution in [0.3, 0.4) is 0 Å². The number of aromatic nitrogens is 4. The van der Waals surface area contributed by atoms with Gasteiger partial charge in [0.2, 0.25) is 11.8 Å². The first-order valence-electron chi connectivity index (χ1n) is 9.83. The number of nitrogens with one attached hydrogen (secondary N) is 2. The molecule has 3 heterocycles. The Morgan fingerprint density at radius 3 is 2.71 bits per heavy atom. The van der Waals surface area contributed by atoms with Crippen LogP contribution in [0.2, 0.25) is 0 Å². The predicted molar refractivity (Wildman–Crippen MR) is 104 cm³/mol. The third kappa shape index (κ3) is 5.12. The van der Waals surface area contributed by atoms with Gasteiger partial charge < -0.3 is 24.4 Å². The molecule has 1 saturated carbocycles. The maximum atomic E-state index is 12.2. The van der Waals surface area contributed by atoms with Crippen molar-refractivity contribution in [2.75, 3.05) is 18.4 Å². The highest BCUT2D eigenvalue weighted by Crippen LogP contribution is 2.49. The fourth-order valence-corrected chi connectivity index (χ4v) is 3.76. The lowest BCUT2D eigenvalue weighted by Gasteiger charge is -2.57. The highest BCUT2D eigenvalue weighted by Gasteiger charge is 2.55. The average Bonchev–Trinajstić information content (AvgIpc) is 3.00. The fraction of sp³-hybridized carbons (Fsp3) is 0.579. The highest BCUT2D eigenvalue weighted by molar-refractivity contribution is 5.69. The summed E-state index contributed by atoms with van der Waals surface area (Å²) < 4.78 is 39.9. The molecule has 0 radical (unpaired) electrons. The molecule has 168 valence electrons. The Kier molecular flexibility index (Phi) is 5.31. The van der Waals surface area contributed by atoms with Gasteiger partial charge in [-0.25, -0.2) is 4.79 Å². The molecule has 2 aliphatic rings. The zero-order chi connectivity index (χ0) is 22.2. The number of nitrogens with zero attached hydrogens (tertiary/aromatic N) is 4. The van der Waals surface area contributed by atoms with Gasteiger partial charge in [0.25, 0.3) is 0 Å². The van der Waals surface area contributed by atoms with Crippen LogP contribution in [-0.2, 0) is 4.74 Å². The quantitative estimate of drug-likeness (QED) is 0.706. The van der Waals surface area contributed by atoms with E-state index >= 15 is 0 Å². The maximum absolute atomic E-state index is 12.2. The van der Waals surface area contributed by atoms with Gasteiger partial charge in [0, 0.05) is 24.6 Å². The van der Waals surface area contributed by atoms with E-state index in [-0.39, 0.29) is 23.5 Å². The van der Waals surface area contributed by atoms with Crippen molar-refractivity contribution in [2.45, 2.75) is 51.9 Å². The molecular weight excluding hydrogens is 414 g/mol. The number of amides is 1. The van der Waals surface area contributed by atoms with E-state index in [1.54, 1.807) is 4.90 Å². The summed E-state index contributed by atoms with van der Waals surface area (Å²) in [6.45, 7) is 3.92. The summed E-state index contributed by atoms with van der Waals surface area (Å²) in [5, 5.41) is 9.00. The van der Waals surface area contributed by atoms with Crippen LogP contribution in [0.4, 0.5) is 25.2 Å². The van der Waals surface area contributed by atoms with Crippen LogP contribution in [0.15, 0.2) is 18.5 Å². The zero-order valence-corrected chi connectivity index (χ0v) is 17.4. The van der Waals surface area contributed by atoms with Crippen LogP contribution in [0.25, 0.3) is 0 Å². The Hall–Kier alpha value is -3.18. The van der Waals surface area contributed by atoms with Gasteiger partial charge in [-0.05, 0) is 33.6 Å². The van der Waals surface area contributed by atoms with E-state index in [4.69, 9.17) is 9.47 Å². The van der Waals surface area contributed by atoms with Gasteiger partial charge in [-0.15, -0.1) is 5.10 Å². The monoisotopic (exact) mass is 438 g/mol. The summed E-state index contributed by atoms with van der Waals surface area (Å²) in [6.07, 6.45) is 4.31. The average molecular weight is 438 g/mol. The molecule has 4 rings (SSSR count). The molecule has 1 aliphatic carbocycles. The SMILES string of the molecule is CC(C)(C)OC(=O)N1CC2(CC(Oc3cncc(Nc4cc(OC(F)F)n[nH]4)n3)C2)C1. The van der Waals surface area contributed by atoms with Gasteiger partial charge in [-0.2, -0.15) is 13.8 Å². The maximum Gasteiger partial charge on any atom is 0.410 e. The second-order valence-electron chi connectivity index (χ2n) is 8.85. The molecule has 10 nitrogen and oxygen atoms in total. The number of hydrogen-bond acceptors (Lipinski definition) is 8. The van der Waals surface area contributed by atoms with E-state index < -0.39 is 12.2 Å². The van der Waals surface area contributed by atoms with Crippen molar-refractivity contribution in [3.05, 3.63) is 18.5 Å². The van der Waals surface area contributed by atoms with Crippen molar-refractivity contribution in [3.63, 3.8) is 0 Å². The lowest BCUT2D eigenvalue weighted by atomic mass is 9.62. The topological polar surface area (TPSA) is 114 Å². The first kappa shape index (κ1) is 21.1. The standard InChI is InChI=1S/C19H24F2N6O4/c1-18(2,3)31-17(28)27-9-19(10-27)5-11(6-19)29-15-8-22-7-13(24-15)23-12-4-14(26-25-12)30-16(20)21/h4,7-8,11,16H,5-6,9-10H2,1-3H3,(H2,23,24,25,26). The number of halogens is 2. The van der Waals surface area contributed by atoms with Crippen LogP contribution in [0, 0.1) is 5.41 Å². The van der Waals surface area contributed by atoms with Crippen molar-refractivity contribution in [1.29, 1.82) is 0 Å². The Bertz CT molecular complexity index is 933. The van der Waals surface area contributed by atoms with Crippen molar-refractivity contribution < 1.29 is 27.8 Å². The summed E-state index contributed by atoms with van der Waals surface area (Å²) in [6, 6.07) is 1.28. The van der Waals surface area contributed by atoms with Gasteiger partial charge >= 0.3 is 12.7 Å². The second-order valence-corrected chi connectivity index (χ2v) is 8.85. The van der Waals surface area contributed by atoms with E-state index in [9.17, 15) is 13.6 Å². The van der Waals surface area contributed by atoms with E-state index in [0.29, 0.717) is 30.6 Å². The third-order valence-electron chi connectivity index (χ3n) is 4.95. The van der Waals surface area contributed by atoms with Crippen molar-refractivity contribution >= 4 is 17.7 Å². The third-order valence-corrected chi connectivity index (χ3v) is 4.95. The van der Waals surface area contributed by atoms with E-state index in [1.807, 2.05) is 20.8 Å². The normalized spacial score (nSPS) is 17.8. The Labute approximate surface area is 177 Å². The summed E-state index contributed by atoms with van der Waals surface area (Å²) in [4.78, 5) is 22.2. The zero-order valence-electron chi connectivity index (χ0n) is 17.4. The number of ether oxygens (including phenoxy) is 3. The second kappa shape index (κ2) is 7.82. The van der Waals surface area contributed by atoms with Crippen molar-refractivity contribution in [2.24, 2.45) is 5.41 Å². The first-order valence-corrected chi connectivity index (χ1v) is 9.83. The van der Waals surface area contributed by atoms with Crippen LogP contribution >= 0.6 is 0 Å². The molecule has 1 aliphatic heterocycles. The molecule has 31 heavy (non-hydrogen) atoms. The molecule has 2 fully saturated rings. The highest BCUT2D eigenvalue weighted by atomic mass is 19.3. The molecule has 2 aromatic rings. The number of carbonyl (C=O) groups excluding carboxylic acids is 1. The fourth-order valence-electron chi connectivity index (χ4n) is 3.76. The largest absolute Gasteiger partial charge is 0.473 e. The Balaban J connectivity index is 1.25. The number of hydrogen-bond donors (Lipinski definition) is 2. The number of alkyl halides is 2. The van der Waals surface area contributed by atoms with Crippen molar-refractivity contribution in [3.8, 4) is 11.8 Å². The minimum Gasteiger partial charge on any atom is -0.473 e. The Morgan fingerprint density at radius 1 is 1.29 bits per heavy atom. The lowest BCUT2D eigenvalue weighted by Crippen LogP contribution is -2.66. The summed E-state index contributed by atoms with van der Waals surface area (Å²) in [7, 11) is 0. The summed E-state index contributed by atoms with van der Waals surface area (Å²) >= 11 is 0. The summed E-state index contributed by atoms with van der Waals surface area (Å²) in [5.74, 6) is 0.787. The first-order chi connectivity index (χ1) is 14.6. The molecule has 2 aromatic heterocycles. The molecule has 0 bridgehead atoms. The van der Waals surface area contributed by atoms with Gasteiger partial charge in [-0.3, -0.25) is 10.1 Å². The smallest absolute Gasteiger partial charge is 0.410 e. The van der Waals surface area contributed by atoms with E-state index in [0.717, 1.165) is 12.8 Å². The van der Waals surface area contributed by atoms with Gasteiger partial charge in [0.15, 0.2) is 5.82 Å². The van der Waals surface area contributed by atoms with E-state index in [1.165, 1.54) is 18.5 Å². The molecule has 0 atom stereocenters.